The molecule has 1 heterocycles. The summed E-state index contributed by atoms with van der Waals surface area (Å²) in [5, 5.41) is 10.4. The Bertz CT molecular complexity index is 582. The highest BCUT2D eigenvalue weighted by Crippen LogP contribution is 2.08. The van der Waals surface area contributed by atoms with Crippen molar-refractivity contribution in [3.63, 3.8) is 0 Å². The number of aromatic nitrogens is 3. The Labute approximate surface area is 116 Å². The van der Waals surface area contributed by atoms with E-state index in [1.807, 2.05) is 0 Å². The van der Waals surface area contributed by atoms with Crippen molar-refractivity contribution in [1.29, 1.82) is 0 Å². The first kappa shape index (κ1) is 14.2. The third kappa shape index (κ3) is 3.63. The Hall–Kier alpha value is -2.24. The SMILES string of the molecule is CCCCCNC(=O)c1cn(-c2cccc(F)c2)nn1. The van der Waals surface area contributed by atoms with Crippen molar-refractivity contribution >= 4 is 5.91 Å². The molecule has 2 aromatic rings. The molecule has 20 heavy (non-hydrogen) atoms. The summed E-state index contributed by atoms with van der Waals surface area (Å²) >= 11 is 0. The van der Waals surface area contributed by atoms with E-state index in [1.54, 1.807) is 12.1 Å². The van der Waals surface area contributed by atoms with Crippen molar-refractivity contribution < 1.29 is 9.18 Å². The molecule has 1 amide bonds. The number of halogens is 1. The fraction of sp³-hybridized carbons (Fsp3) is 0.357. The van der Waals surface area contributed by atoms with Gasteiger partial charge in [-0.05, 0) is 24.6 Å². The smallest absolute Gasteiger partial charge is 0.273 e. The highest BCUT2D eigenvalue weighted by atomic mass is 19.1. The van der Waals surface area contributed by atoms with Gasteiger partial charge in [0.1, 0.15) is 5.82 Å². The lowest BCUT2D eigenvalue weighted by Gasteiger charge is -2.01. The highest BCUT2D eigenvalue weighted by molar-refractivity contribution is 5.91. The molecule has 1 N–H and O–H groups in total. The predicted molar refractivity (Wildman–Crippen MR) is 73.2 cm³/mol. The number of nitrogens with one attached hydrogen (secondary N) is 1. The van der Waals surface area contributed by atoms with Crippen LogP contribution in [0.3, 0.4) is 0 Å². The molecular weight excluding hydrogens is 259 g/mol. The summed E-state index contributed by atoms with van der Waals surface area (Å²) in [6.45, 7) is 2.73. The lowest BCUT2D eigenvalue weighted by Crippen LogP contribution is -2.24. The van der Waals surface area contributed by atoms with Crippen molar-refractivity contribution in [3.05, 3.63) is 42.0 Å². The van der Waals surface area contributed by atoms with Gasteiger partial charge in [0.05, 0.1) is 11.9 Å². The molecular formula is C14H17FN4O. The topological polar surface area (TPSA) is 59.8 Å². The molecule has 5 nitrogen and oxygen atoms in total. The molecule has 0 aliphatic heterocycles. The highest BCUT2D eigenvalue weighted by Gasteiger charge is 2.11. The Morgan fingerprint density at radius 2 is 2.25 bits per heavy atom. The second kappa shape index (κ2) is 6.79. The van der Waals surface area contributed by atoms with E-state index in [-0.39, 0.29) is 17.4 Å². The summed E-state index contributed by atoms with van der Waals surface area (Å²) in [5.74, 6) is -0.618. The number of unbranched alkanes of at least 4 members (excludes halogenated alkanes) is 2. The third-order valence-electron chi connectivity index (χ3n) is 2.86. The van der Waals surface area contributed by atoms with Crippen molar-refractivity contribution in [1.82, 2.24) is 20.3 Å². The quantitative estimate of drug-likeness (QED) is 0.824. The van der Waals surface area contributed by atoms with Crippen molar-refractivity contribution in [2.24, 2.45) is 0 Å². The third-order valence-corrected chi connectivity index (χ3v) is 2.86. The van der Waals surface area contributed by atoms with Crippen LogP contribution in [0.1, 0.15) is 36.7 Å². The maximum absolute atomic E-state index is 13.1. The largest absolute Gasteiger partial charge is 0.351 e. The lowest BCUT2D eigenvalue weighted by molar-refractivity contribution is 0.0948. The van der Waals surface area contributed by atoms with Crippen LogP contribution >= 0.6 is 0 Å². The summed E-state index contributed by atoms with van der Waals surface area (Å²) in [7, 11) is 0. The van der Waals surface area contributed by atoms with Gasteiger partial charge < -0.3 is 5.32 Å². The maximum atomic E-state index is 13.1. The molecule has 2 rings (SSSR count). The van der Waals surface area contributed by atoms with E-state index in [0.717, 1.165) is 19.3 Å². The Morgan fingerprint density at radius 1 is 1.40 bits per heavy atom. The lowest BCUT2D eigenvalue weighted by atomic mass is 10.2. The Balaban J connectivity index is 2.00. The molecule has 0 unspecified atom stereocenters. The molecule has 0 atom stereocenters. The van der Waals surface area contributed by atoms with E-state index in [1.165, 1.54) is 23.0 Å². The summed E-state index contributed by atoms with van der Waals surface area (Å²) < 4.78 is 14.5. The van der Waals surface area contributed by atoms with Crippen molar-refractivity contribution in [2.45, 2.75) is 26.2 Å². The van der Waals surface area contributed by atoms with Crippen LogP contribution in [0, 0.1) is 5.82 Å². The summed E-state index contributed by atoms with van der Waals surface area (Å²) in [6, 6.07) is 5.96. The molecule has 0 spiro atoms. The molecule has 1 aromatic heterocycles. The number of hydrogen-bond donors (Lipinski definition) is 1. The van der Waals surface area contributed by atoms with Gasteiger partial charge in [0.25, 0.3) is 5.91 Å². The number of hydrogen-bond acceptors (Lipinski definition) is 3. The van der Waals surface area contributed by atoms with Crippen LogP contribution in [0.5, 0.6) is 0 Å². The molecule has 0 aliphatic rings. The summed E-state index contributed by atoms with van der Waals surface area (Å²) in [5.41, 5.74) is 0.758. The first-order valence-corrected chi connectivity index (χ1v) is 6.67. The Morgan fingerprint density at radius 3 is 3.00 bits per heavy atom. The zero-order valence-electron chi connectivity index (χ0n) is 11.3. The fourth-order valence-electron chi connectivity index (χ4n) is 1.78. The van der Waals surface area contributed by atoms with Crippen LogP contribution in [0.25, 0.3) is 5.69 Å². The molecule has 1 aromatic carbocycles. The maximum Gasteiger partial charge on any atom is 0.273 e. The first-order chi connectivity index (χ1) is 9.70. The molecule has 0 fully saturated rings. The van der Waals surface area contributed by atoms with Gasteiger partial charge in [0, 0.05) is 6.54 Å². The summed E-state index contributed by atoms with van der Waals surface area (Å²) in [4.78, 5) is 11.8. The number of rotatable bonds is 6. The fourth-order valence-corrected chi connectivity index (χ4v) is 1.78. The zero-order valence-corrected chi connectivity index (χ0v) is 11.3. The first-order valence-electron chi connectivity index (χ1n) is 6.67. The van der Waals surface area contributed by atoms with Gasteiger partial charge in [-0.25, -0.2) is 9.07 Å². The number of amides is 1. The second-order valence-electron chi connectivity index (χ2n) is 4.49. The molecule has 106 valence electrons. The molecule has 0 bridgehead atoms. The molecule has 0 aliphatic carbocycles. The van der Waals surface area contributed by atoms with Crippen molar-refractivity contribution in [2.75, 3.05) is 6.54 Å². The minimum atomic E-state index is -0.358. The van der Waals surface area contributed by atoms with Crippen LogP contribution in [0.2, 0.25) is 0 Å². The second-order valence-corrected chi connectivity index (χ2v) is 4.49. The van der Waals surface area contributed by atoms with Crippen LogP contribution in [0.4, 0.5) is 4.39 Å². The number of carbonyl (C=O) groups excluding carboxylic acids is 1. The predicted octanol–water partition coefficient (Wildman–Crippen LogP) is 2.33. The molecule has 0 saturated heterocycles. The number of carbonyl (C=O) groups is 1. The van der Waals surface area contributed by atoms with E-state index in [0.29, 0.717) is 12.2 Å². The standard InChI is InChI=1S/C14H17FN4O/c1-2-3-4-8-16-14(20)13-10-19(18-17-13)12-7-5-6-11(15)9-12/h5-7,9-10H,2-4,8H2,1H3,(H,16,20). The number of nitrogens with zero attached hydrogens (tertiary/aromatic N) is 3. The van der Waals surface area contributed by atoms with Crippen LogP contribution in [0.15, 0.2) is 30.5 Å². The average molecular weight is 276 g/mol. The summed E-state index contributed by atoms with van der Waals surface area (Å²) in [6.07, 6.45) is 4.62. The van der Waals surface area contributed by atoms with Crippen LogP contribution < -0.4 is 5.32 Å². The van der Waals surface area contributed by atoms with Gasteiger partial charge in [-0.2, -0.15) is 0 Å². The van der Waals surface area contributed by atoms with E-state index in [2.05, 4.69) is 22.6 Å². The zero-order chi connectivity index (χ0) is 14.4. The molecule has 6 heteroatoms. The van der Waals surface area contributed by atoms with Gasteiger partial charge in [0.15, 0.2) is 5.69 Å². The van der Waals surface area contributed by atoms with Crippen LogP contribution in [-0.2, 0) is 0 Å². The number of benzene rings is 1. The van der Waals surface area contributed by atoms with Gasteiger partial charge in [-0.15, -0.1) is 5.10 Å². The normalized spacial score (nSPS) is 10.5. The van der Waals surface area contributed by atoms with E-state index >= 15 is 0 Å². The van der Waals surface area contributed by atoms with Gasteiger partial charge in [0.2, 0.25) is 0 Å². The van der Waals surface area contributed by atoms with Gasteiger partial charge in [-0.1, -0.05) is 31.0 Å². The van der Waals surface area contributed by atoms with Gasteiger partial charge in [-0.3, -0.25) is 4.79 Å². The van der Waals surface area contributed by atoms with E-state index in [4.69, 9.17) is 0 Å². The molecule has 0 radical (unpaired) electrons. The Kier molecular flexibility index (Phi) is 4.81. The minimum absolute atomic E-state index is 0.228. The van der Waals surface area contributed by atoms with Gasteiger partial charge >= 0.3 is 0 Å². The van der Waals surface area contributed by atoms with E-state index < -0.39 is 0 Å². The van der Waals surface area contributed by atoms with Crippen molar-refractivity contribution in [3.8, 4) is 5.69 Å². The molecule has 0 saturated carbocycles. The minimum Gasteiger partial charge on any atom is -0.351 e. The van der Waals surface area contributed by atoms with Crippen LogP contribution in [-0.4, -0.2) is 27.4 Å². The average Bonchev–Trinajstić information content (AvgIpc) is 2.93. The van der Waals surface area contributed by atoms with E-state index in [9.17, 15) is 9.18 Å². The monoisotopic (exact) mass is 276 g/mol.